The number of hydrogen-bond acceptors (Lipinski definition) is 3. The van der Waals surface area contributed by atoms with Gasteiger partial charge in [-0.1, -0.05) is 46.5 Å². The van der Waals surface area contributed by atoms with Gasteiger partial charge in [0, 0.05) is 6.04 Å². The predicted molar refractivity (Wildman–Crippen MR) is 85.9 cm³/mol. The first kappa shape index (κ1) is 18.1. The Hall–Kier alpha value is -0.900. The first-order valence-electron chi connectivity index (χ1n) is 8.56. The van der Waals surface area contributed by atoms with Crippen LogP contribution in [0.4, 0.5) is 0 Å². The number of carbonyl (C=O) groups excluding carboxylic acids is 2. The summed E-state index contributed by atoms with van der Waals surface area (Å²) in [6, 6.07) is -0.269. The number of amides is 2. The molecular weight excluding hydrogens is 264 g/mol. The maximum atomic E-state index is 12.2. The standard InChI is InChI=1S/C17H32N2O2/c1-5-14(4)19-16(20)12-15(17(19)21)18-11-9-7-6-8-10-13(2)3/h13-15,18H,5-12H2,1-4H3. The maximum Gasteiger partial charge on any atom is 0.247 e. The van der Waals surface area contributed by atoms with E-state index in [1.165, 1.54) is 30.6 Å². The molecule has 2 atom stereocenters. The van der Waals surface area contributed by atoms with Gasteiger partial charge in [0.15, 0.2) is 0 Å². The van der Waals surface area contributed by atoms with Gasteiger partial charge in [-0.25, -0.2) is 0 Å². The summed E-state index contributed by atoms with van der Waals surface area (Å²) in [5, 5.41) is 3.26. The molecule has 0 saturated carbocycles. The van der Waals surface area contributed by atoms with E-state index in [0.717, 1.165) is 25.3 Å². The van der Waals surface area contributed by atoms with Crippen LogP contribution in [0.25, 0.3) is 0 Å². The van der Waals surface area contributed by atoms with E-state index in [2.05, 4.69) is 19.2 Å². The van der Waals surface area contributed by atoms with Crippen molar-refractivity contribution < 1.29 is 9.59 Å². The van der Waals surface area contributed by atoms with Gasteiger partial charge < -0.3 is 5.32 Å². The zero-order valence-electron chi connectivity index (χ0n) is 14.2. The lowest BCUT2D eigenvalue weighted by molar-refractivity contribution is -0.141. The minimum absolute atomic E-state index is 0.0211. The minimum atomic E-state index is -0.290. The smallest absolute Gasteiger partial charge is 0.247 e. The molecule has 1 fully saturated rings. The molecule has 4 heteroatoms. The second kappa shape index (κ2) is 9.19. The number of imide groups is 1. The summed E-state index contributed by atoms with van der Waals surface area (Å²) in [5.41, 5.74) is 0. The molecule has 1 saturated heterocycles. The van der Waals surface area contributed by atoms with Gasteiger partial charge >= 0.3 is 0 Å². The van der Waals surface area contributed by atoms with Gasteiger partial charge in [0.05, 0.1) is 12.5 Å². The van der Waals surface area contributed by atoms with Crippen molar-refractivity contribution in [2.45, 2.75) is 84.7 Å². The van der Waals surface area contributed by atoms with E-state index >= 15 is 0 Å². The van der Waals surface area contributed by atoms with Gasteiger partial charge in [-0.3, -0.25) is 14.5 Å². The van der Waals surface area contributed by atoms with Crippen LogP contribution in [0.1, 0.15) is 72.6 Å². The molecular formula is C17H32N2O2. The van der Waals surface area contributed by atoms with Crippen LogP contribution in [0, 0.1) is 5.92 Å². The van der Waals surface area contributed by atoms with Crippen molar-refractivity contribution in [1.29, 1.82) is 0 Å². The fourth-order valence-corrected chi connectivity index (χ4v) is 2.76. The van der Waals surface area contributed by atoms with Crippen molar-refractivity contribution in [2.75, 3.05) is 6.54 Å². The third-order valence-corrected chi connectivity index (χ3v) is 4.31. The van der Waals surface area contributed by atoms with Crippen LogP contribution in [-0.4, -0.2) is 35.3 Å². The van der Waals surface area contributed by atoms with Crippen molar-refractivity contribution >= 4 is 11.8 Å². The molecule has 0 aromatic carbocycles. The fourth-order valence-electron chi connectivity index (χ4n) is 2.76. The Kier molecular flexibility index (Phi) is 7.94. The van der Waals surface area contributed by atoms with E-state index in [1.807, 2.05) is 13.8 Å². The number of nitrogens with zero attached hydrogens (tertiary/aromatic N) is 1. The molecule has 0 bridgehead atoms. The summed E-state index contributed by atoms with van der Waals surface area (Å²) in [6.07, 6.45) is 7.28. The van der Waals surface area contributed by atoms with E-state index in [9.17, 15) is 9.59 Å². The lowest BCUT2D eigenvalue weighted by Crippen LogP contribution is -2.42. The quantitative estimate of drug-likeness (QED) is 0.498. The highest BCUT2D eigenvalue weighted by molar-refractivity contribution is 6.05. The van der Waals surface area contributed by atoms with E-state index < -0.39 is 0 Å². The molecule has 1 N–H and O–H groups in total. The lowest BCUT2D eigenvalue weighted by atomic mass is 10.0. The van der Waals surface area contributed by atoms with Crippen molar-refractivity contribution in [2.24, 2.45) is 5.92 Å². The molecule has 2 amide bonds. The molecule has 122 valence electrons. The normalized spacial score (nSPS) is 20.6. The number of rotatable bonds is 10. The molecule has 1 rings (SSSR count). The van der Waals surface area contributed by atoms with Gasteiger partial charge in [-0.05, 0) is 32.2 Å². The molecule has 1 aliphatic heterocycles. The first-order valence-corrected chi connectivity index (χ1v) is 8.56. The summed E-state index contributed by atoms with van der Waals surface area (Å²) in [6.45, 7) is 9.29. The topological polar surface area (TPSA) is 49.4 Å². The monoisotopic (exact) mass is 296 g/mol. The van der Waals surface area contributed by atoms with Crippen molar-refractivity contribution in [3.8, 4) is 0 Å². The molecule has 0 aromatic heterocycles. The summed E-state index contributed by atoms with van der Waals surface area (Å²) in [5.74, 6) is 0.731. The van der Waals surface area contributed by atoms with E-state index in [4.69, 9.17) is 0 Å². The van der Waals surface area contributed by atoms with E-state index in [0.29, 0.717) is 6.42 Å². The highest BCUT2D eigenvalue weighted by Crippen LogP contribution is 2.18. The number of unbranched alkanes of at least 4 members (excludes halogenated alkanes) is 3. The molecule has 0 aliphatic carbocycles. The molecule has 1 aliphatic rings. The number of nitrogens with one attached hydrogen (secondary N) is 1. The third-order valence-electron chi connectivity index (χ3n) is 4.31. The van der Waals surface area contributed by atoms with Gasteiger partial charge in [-0.15, -0.1) is 0 Å². The largest absolute Gasteiger partial charge is 0.305 e. The molecule has 2 unspecified atom stereocenters. The van der Waals surface area contributed by atoms with Crippen molar-refractivity contribution in [3.05, 3.63) is 0 Å². The number of likely N-dealkylation sites (tertiary alicyclic amines) is 1. The van der Waals surface area contributed by atoms with Crippen LogP contribution in [0.2, 0.25) is 0 Å². The molecule has 0 radical (unpaired) electrons. The predicted octanol–water partition coefficient (Wildman–Crippen LogP) is 3.11. The Morgan fingerprint density at radius 3 is 2.43 bits per heavy atom. The Balaban J connectivity index is 2.19. The highest BCUT2D eigenvalue weighted by atomic mass is 16.2. The zero-order valence-corrected chi connectivity index (χ0v) is 14.2. The Morgan fingerprint density at radius 2 is 1.81 bits per heavy atom. The van der Waals surface area contributed by atoms with Crippen LogP contribution < -0.4 is 5.32 Å². The molecule has 21 heavy (non-hydrogen) atoms. The summed E-state index contributed by atoms with van der Waals surface area (Å²) in [4.78, 5) is 25.5. The average molecular weight is 296 g/mol. The Labute approximate surface area is 129 Å². The second-order valence-corrected chi connectivity index (χ2v) is 6.67. The first-order chi connectivity index (χ1) is 9.97. The van der Waals surface area contributed by atoms with Gasteiger partial charge in [0.2, 0.25) is 11.8 Å². The molecule has 4 nitrogen and oxygen atoms in total. The Bertz CT molecular complexity index is 342. The third kappa shape index (κ3) is 5.77. The number of carbonyl (C=O) groups is 2. The van der Waals surface area contributed by atoms with Crippen LogP contribution in [0.3, 0.4) is 0 Å². The molecule has 0 aromatic rings. The average Bonchev–Trinajstić information content (AvgIpc) is 2.71. The molecule has 1 heterocycles. The highest BCUT2D eigenvalue weighted by Gasteiger charge is 2.39. The van der Waals surface area contributed by atoms with Crippen LogP contribution in [0.5, 0.6) is 0 Å². The Morgan fingerprint density at radius 1 is 1.14 bits per heavy atom. The summed E-state index contributed by atoms with van der Waals surface area (Å²) < 4.78 is 0. The van der Waals surface area contributed by atoms with Crippen molar-refractivity contribution in [1.82, 2.24) is 10.2 Å². The van der Waals surface area contributed by atoms with Crippen LogP contribution in [-0.2, 0) is 9.59 Å². The lowest BCUT2D eigenvalue weighted by Gasteiger charge is -2.21. The van der Waals surface area contributed by atoms with Gasteiger partial charge in [0.25, 0.3) is 0 Å². The number of hydrogen-bond donors (Lipinski definition) is 1. The minimum Gasteiger partial charge on any atom is -0.305 e. The summed E-state index contributed by atoms with van der Waals surface area (Å²) >= 11 is 0. The fraction of sp³-hybridized carbons (Fsp3) is 0.882. The van der Waals surface area contributed by atoms with Crippen LogP contribution in [0.15, 0.2) is 0 Å². The molecule has 0 spiro atoms. The summed E-state index contributed by atoms with van der Waals surface area (Å²) in [7, 11) is 0. The second-order valence-electron chi connectivity index (χ2n) is 6.67. The van der Waals surface area contributed by atoms with Crippen molar-refractivity contribution in [3.63, 3.8) is 0 Å². The van der Waals surface area contributed by atoms with E-state index in [-0.39, 0.29) is 23.9 Å². The van der Waals surface area contributed by atoms with Gasteiger partial charge in [-0.2, -0.15) is 0 Å². The van der Waals surface area contributed by atoms with E-state index in [1.54, 1.807) is 0 Å². The SMILES string of the molecule is CCC(C)N1C(=O)CC(NCCCCCCC(C)C)C1=O. The maximum absolute atomic E-state index is 12.2. The van der Waals surface area contributed by atoms with Gasteiger partial charge in [0.1, 0.15) is 0 Å². The van der Waals surface area contributed by atoms with Crippen LogP contribution >= 0.6 is 0 Å². The zero-order chi connectivity index (χ0) is 15.8.